The van der Waals surface area contributed by atoms with Gasteiger partial charge in [0.15, 0.2) is 11.5 Å². The van der Waals surface area contributed by atoms with Gasteiger partial charge in [-0.05, 0) is 31.0 Å². The van der Waals surface area contributed by atoms with Crippen molar-refractivity contribution in [3.63, 3.8) is 0 Å². The number of piperidine rings is 1. The second kappa shape index (κ2) is 7.90. The van der Waals surface area contributed by atoms with Crippen LogP contribution in [0.2, 0.25) is 0 Å². The first-order chi connectivity index (χ1) is 11.5. The van der Waals surface area contributed by atoms with E-state index >= 15 is 0 Å². The summed E-state index contributed by atoms with van der Waals surface area (Å²) < 4.78 is 10.4. The quantitative estimate of drug-likeness (QED) is 0.907. The molecule has 1 N–H and O–H groups in total. The number of nitrogens with one attached hydrogen (secondary N) is 1. The molecule has 1 saturated heterocycles. The maximum absolute atomic E-state index is 12.6. The largest absolute Gasteiger partial charge is 0.493 e. The van der Waals surface area contributed by atoms with Crippen molar-refractivity contribution in [1.82, 2.24) is 15.1 Å². The Morgan fingerprint density at radius 1 is 1.12 bits per heavy atom. The molecule has 0 aliphatic carbocycles. The second-order valence-corrected chi connectivity index (χ2v) is 5.98. The fourth-order valence-corrected chi connectivity index (χ4v) is 2.68. The number of carbonyl (C=O) groups is 2. The predicted octanol–water partition coefficient (Wildman–Crippen LogP) is 1.58. The van der Waals surface area contributed by atoms with Crippen molar-refractivity contribution in [1.29, 1.82) is 0 Å². The summed E-state index contributed by atoms with van der Waals surface area (Å²) in [6, 6.07) is 5.18. The molecule has 0 saturated carbocycles. The Kier molecular flexibility index (Phi) is 5.89. The number of likely N-dealkylation sites (tertiary alicyclic amines) is 1. The van der Waals surface area contributed by atoms with Gasteiger partial charge in [-0.25, -0.2) is 4.79 Å². The van der Waals surface area contributed by atoms with E-state index in [9.17, 15) is 9.59 Å². The Morgan fingerprint density at radius 2 is 1.75 bits per heavy atom. The standard InChI is InChI=1S/C17H25N3O4/c1-19(2)17(22)18-13-7-9-20(10-8-13)16(21)12-5-6-14(23-3)15(11-12)24-4/h5-6,11,13H,7-10H2,1-4H3,(H,18,22). The maximum Gasteiger partial charge on any atom is 0.317 e. The Morgan fingerprint density at radius 3 is 2.29 bits per heavy atom. The van der Waals surface area contributed by atoms with E-state index < -0.39 is 0 Å². The van der Waals surface area contributed by atoms with Crippen LogP contribution in [0.25, 0.3) is 0 Å². The normalized spacial score (nSPS) is 14.9. The molecule has 0 bridgehead atoms. The van der Waals surface area contributed by atoms with E-state index in [-0.39, 0.29) is 18.0 Å². The number of methoxy groups -OCH3 is 2. The molecule has 1 aliphatic rings. The van der Waals surface area contributed by atoms with Crippen LogP contribution in [0.15, 0.2) is 18.2 Å². The third kappa shape index (κ3) is 4.10. The van der Waals surface area contributed by atoms with Crippen LogP contribution in [0.1, 0.15) is 23.2 Å². The van der Waals surface area contributed by atoms with E-state index in [2.05, 4.69) is 5.32 Å². The zero-order valence-electron chi connectivity index (χ0n) is 14.7. The number of carbonyl (C=O) groups excluding carboxylic acids is 2. The van der Waals surface area contributed by atoms with Crippen LogP contribution in [0.3, 0.4) is 0 Å². The van der Waals surface area contributed by atoms with Gasteiger partial charge in [-0.15, -0.1) is 0 Å². The molecule has 2 rings (SSSR count). The average Bonchev–Trinajstić information content (AvgIpc) is 2.61. The van der Waals surface area contributed by atoms with Crippen LogP contribution in [0.4, 0.5) is 4.79 Å². The van der Waals surface area contributed by atoms with Crippen molar-refractivity contribution in [3.05, 3.63) is 23.8 Å². The Hall–Kier alpha value is -2.44. The molecule has 1 aromatic rings. The van der Waals surface area contributed by atoms with Gasteiger partial charge in [0, 0.05) is 38.8 Å². The van der Waals surface area contributed by atoms with E-state index in [1.165, 1.54) is 4.90 Å². The molecule has 7 heteroatoms. The molecule has 0 spiro atoms. The lowest BCUT2D eigenvalue weighted by molar-refractivity contribution is 0.0706. The summed E-state index contributed by atoms with van der Waals surface area (Å²) >= 11 is 0. The van der Waals surface area contributed by atoms with Crippen LogP contribution in [0, 0.1) is 0 Å². The van der Waals surface area contributed by atoms with Crippen molar-refractivity contribution in [2.75, 3.05) is 41.4 Å². The van der Waals surface area contributed by atoms with E-state index in [0.29, 0.717) is 30.2 Å². The first-order valence-electron chi connectivity index (χ1n) is 7.95. The summed E-state index contributed by atoms with van der Waals surface area (Å²) in [5.74, 6) is 1.10. The van der Waals surface area contributed by atoms with Gasteiger partial charge in [0.2, 0.25) is 0 Å². The van der Waals surface area contributed by atoms with E-state index in [1.807, 2.05) is 0 Å². The highest BCUT2D eigenvalue weighted by Crippen LogP contribution is 2.28. The molecular formula is C17H25N3O4. The van der Waals surface area contributed by atoms with Gasteiger partial charge in [0.25, 0.3) is 5.91 Å². The number of ether oxygens (including phenoxy) is 2. The zero-order chi connectivity index (χ0) is 17.7. The number of hydrogen-bond acceptors (Lipinski definition) is 4. The molecule has 24 heavy (non-hydrogen) atoms. The lowest BCUT2D eigenvalue weighted by atomic mass is 10.0. The molecule has 0 atom stereocenters. The van der Waals surface area contributed by atoms with Crippen molar-refractivity contribution < 1.29 is 19.1 Å². The van der Waals surface area contributed by atoms with Gasteiger partial charge in [0.05, 0.1) is 14.2 Å². The molecule has 3 amide bonds. The lowest BCUT2D eigenvalue weighted by Crippen LogP contribution is -2.48. The Balaban J connectivity index is 1.96. The second-order valence-electron chi connectivity index (χ2n) is 5.98. The lowest BCUT2D eigenvalue weighted by Gasteiger charge is -2.33. The zero-order valence-corrected chi connectivity index (χ0v) is 14.7. The highest BCUT2D eigenvalue weighted by atomic mass is 16.5. The van der Waals surface area contributed by atoms with Gasteiger partial charge in [-0.1, -0.05) is 0 Å². The van der Waals surface area contributed by atoms with Crippen LogP contribution < -0.4 is 14.8 Å². The van der Waals surface area contributed by atoms with Crippen molar-refractivity contribution in [2.24, 2.45) is 0 Å². The number of nitrogens with zero attached hydrogens (tertiary/aromatic N) is 2. The van der Waals surface area contributed by atoms with E-state index in [0.717, 1.165) is 12.8 Å². The highest BCUT2D eigenvalue weighted by molar-refractivity contribution is 5.95. The predicted molar refractivity (Wildman–Crippen MR) is 90.7 cm³/mol. The minimum absolute atomic E-state index is 0.0339. The van der Waals surface area contributed by atoms with Crippen molar-refractivity contribution in [3.8, 4) is 11.5 Å². The van der Waals surface area contributed by atoms with Gasteiger partial charge in [-0.2, -0.15) is 0 Å². The molecule has 0 radical (unpaired) electrons. The Bertz CT molecular complexity index is 595. The minimum Gasteiger partial charge on any atom is -0.493 e. The Labute approximate surface area is 142 Å². The molecular weight excluding hydrogens is 310 g/mol. The fraction of sp³-hybridized carbons (Fsp3) is 0.529. The first kappa shape index (κ1) is 17.9. The first-order valence-corrected chi connectivity index (χ1v) is 7.95. The number of urea groups is 1. The van der Waals surface area contributed by atoms with Crippen LogP contribution >= 0.6 is 0 Å². The number of rotatable bonds is 4. The summed E-state index contributed by atoms with van der Waals surface area (Å²) in [6.45, 7) is 1.23. The molecule has 1 fully saturated rings. The van der Waals surface area contributed by atoms with Crippen LogP contribution in [0.5, 0.6) is 11.5 Å². The van der Waals surface area contributed by atoms with Crippen LogP contribution in [-0.2, 0) is 0 Å². The SMILES string of the molecule is COc1ccc(C(=O)N2CCC(NC(=O)N(C)C)CC2)cc1OC. The number of benzene rings is 1. The summed E-state index contributed by atoms with van der Waals surface area (Å²) in [7, 11) is 6.54. The molecule has 1 aliphatic heterocycles. The number of hydrogen-bond donors (Lipinski definition) is 1. The minimum atomic E-state index is -0.0975. The molecule has 1 aromatic carbocycles. The topological polar surface area (TPSA) is 71.1 Å². The van der Waals surface area contributed by atoms with Crippen LogP contribution in [-0.4, -0.2) is 69.2 Å². The average molecular weight is 335 g/mol. The summed E-state index contributed by atoms with van der Waals surface area (Å²) in [5, 5.41) is 2.96. The fourth-order valence-electron chi connectivity index (χ4n) is 2.68. The third-order valence-electron chi connectivity index (χ3n) is 4.15. The molecule has 7 nitrogen and oxygen atoms in total. The summed E-state index contributed by atoms with van der Waals surface area (Å²) in [4.78, 5) is 27.6. The summed E-state index contributed by atoms with van der Waals surface area (Å²) in [5.41, 5.74) is 0.573. The molecule has 1 heterocycles. The molecule has 0 aromatic heterocycles. The van der Waals surface area contributed by atoms with Gasteiger partial charge in [-0.3, -0.25) is 4.79 Å². The smallest absolute Gasteiger partial charge is 0.317 e. The van der Waals surface area contributed by atoms with Gasteiger partial charge >= 0.3 is 6.03 Å². The summed E-state index contributed by atoms with van der Waals surface area (Å²) in [6.07, 6.45) is 1.50. The van der Waals surface area contributed by atoms with E-state index in [4.69, 9.17) is 9.47 Å². The van der Waals surface area contributed by atoms with Crippen molar-refractivity contribution >= 4 is 11.9 Å². The molecule has 0 unspecified atom stereocenters. The van der Waals surface area contributed by atoms with E-state index in [1.54, 1.807) is 51.4 Å². The monoisotopic (exact) mass is 335 g/mol. The van der Waals surface area contributed by atoms with Crippen molar-refractivity contribution in [2.45, 2.75) is 18.9 Å². The maximum atomic E-state index is 12.6. The highest BCUT2D eigenvalue weighted by Gasteiger charge is 2.25. The molecule has 132 valence electrons. The number of amides is 3. The van der Waals surface area contributed by atoms with Gasteiger partial charge < -0.3 is 24.6 Å². The van der Waals surface area contributed by atoms with Gasteiger partial charge in [0.1, 0.15) is 0 Å². The third-order valence-corrected chi connectivity index (χ3v) is 4.15.